The first-order valence-electron chi connectivity index (χ1n) is 8.69. The van der Waals surface area contributed by atoms with E-state index in [2.05, 4.69) is 30.9 Å². The third-order valence-corrected chi connectivity index (χ3v) is 7.40. The van der Waals surface area contributed by atoms with Crippen LogP contribution < -0.4 is 5.32 Å². The lowest BCUT2D eigenvalue weighted by Gasteiger charge is -2.51. The van der Waals surface area contributed by atoms with Crippen molar-refractivity contribution in [1.82, 2.24) is 5.32 Å². The van der Waals surface area contributed by atoms with E-state index in [1.165, 1.54) is 63.7 Å². The SMILES string of the molecule is CCCNC(C1CCOC2(CCC2)C1)C1(C)CCCS1. The van der Waals surface area contributed by atoms with Crippen LogP contribution in [0.3, 0.4) is 0 Å². The Balaban J connectivity index is 1.70. The molecule has 0 aromatic carbocycles. The van der Waals surface area contributed by atoms with Crippen LogP contribution in [0.5, 0.6) is 0 Å². The zero-order chi connectivity index (χ0) is 14.1. The second-order valence-electron chi connectivity index (χ2n) is 7.33. The summed E-state index contributed by atoms with van der Waals surface area (Å²) >= 11 is 2.22. The van der Waals surface area contributed by atoms with E-state index in [-0.39, 0.29) is 5.60 Å². The van der Waals surface area contributed by atoms with Crippen molar-refractivity contribution in [3.8, 4) is 0 Å². The molecular weight excluding hydrogens is 266 g/mol. The van der Waals surface area contributed by atoms with E-state index in [0.29, 0.717) is 10.8 Å². The molecule has 0 aromatic heterocycles. The van der Waals surface area contributed by atoms with Crippen molar-refractivity contribution < 1.29 is 4.74 Å². The number of hydrogen-bond acceptors (Lipinski definition) is 3. The first-order chi connectivity index (χ1) is 9.68. The smallest absolute Gasteiger partial charge is 0.0685 e. The van der Waals surface area contributed by atoms with Gasteiger partial charge < -0.3 is 10.1 Å². The third kappa shape index (κ3) is 2.91. The molecule has 2 aliphatic heterocycles. The van der Waals surface area contributed by atoms with Gasteiger partial charge in [0, 0.05) is 17.4 Å². The molecule has 20 heavy (non-hydrogen) atoms. The molecule has 0 bridgehead atoms. The number of thioether (sulfide) groups is 1. The van der Waals surface area contributed by atoms with E-state index in [1.807, 2.05) is 0 Å². The molecule has 3 aliphatic rings. The summed E-state index contributed by atoms with van der Waals surface area (Å²) in [4.78, 5) is 0. The summed E-state index contributed by atoms with van der Waals surface area (Å²) < 4.78 is 6.61. The standard InChI is InChI=1S/C17H31NOS/c1-3-10-18-15(16(2)7-5-12-20-16)14-6-11-19-17(13-14)8-4-9-17/h14-15,18H,3-13H2,1-2H3. The highest BCUT2D eigenvalue weighted by Crippen LogP contribution is 2.49. The second-order valence-corrected chi connectivity index (χ2v) is 8.96. The average Bonchev–Trinajstić information content (AvgIpc) is 2.85. The Morgan fingerprint density at radius 1 is 1.30 bits per heavy atom. The molecule has 1 N–H and O–H groups in total. The van der Waals surface area contributed by atoms with Crippen LogP contribution in [0, 0.1) is 5.92 Å². The van der Waals surface area contributed by atoms with Crippen LogP contribution in [0.1, 0.15) is 65.2 Å². The highest BCUT2D eigenvalue weighted by atomic mass is 32.2. The summed E-state index contributed by atoms with van der Waals surface area (Å²) in [7, 11) is 0. The Hall–Kier alpha value is 0.270. The largest absolute Gasteiger partial charge is 0.375 e. The van der Waals surface area contributed by atoms with Gasteiger partial charge in [-0.2, -0.15) is 11.8 Å². The first kappa shape index (κ1) is 15.2. The molecule has 2 saturated heterocycles. The van der Waals surface area contributed by atoms with E-state index >= 15 is 0 Å². The molecule has 2 nitrogen and oxygen atoms in total. The fourth-order valence-electron chi connectivity index (χ4n) is 4.50. The fraction of sp³-hybridized carbons (Fsp3) is 1.00. The predicted octanol–water partition coefficient (Wildman–Crippen LogP) is 3.99. The van der Waals surface area contributed by atoms with Crippen molar-refractivity contribution in [3.63, 3.8) is 0 Å². The molecule has 1 aliphatic carbocycles. The predicted molar refractivity (Wildman–Crippen MR) is 87.4 cm³/mol. The van der Waals surface area contributed by atoms with Gasteiger partial charge in [0.2, 0.25) is 0 Å². The van der Waals surface area contributed by atoms with Gasteiger partial charge in [-0.1, -0.05) is 6.92 Å². The van der Waals surface area contributed by atoms with Crippen LogP contribution in [0.2, 0.25) is 0 Å². The number of ether oxygens (including phenoxy) is 1. The quantitative estimate of drug-likeness (QED) is 0.829. The molecule has 2 heterocycles. The zero-order valence-electron chi connectivity index (χ0n) is 13.2. The molecule has 3 fully saturated rings. The topological polar surface area (TPSA) is 21.3 Å². The zero-order valence-corrected chi connectivity index (χ0v) is 14.1. The van der Waals surface area contributed by atoms with Gasteiger partial charge in [-0.15, -0.1) is 0 Å². The van der Waals surface area contributed by atoms with Gasteiger partial charge >= 0.3 is 0 Å². The van der Waals surface area contributed by atoms with Gasteiger partial charge in [-0.05, 0) is 76.5 Å². The number of hydrogen-bond donors (Lipinski definition) is 1. The summed E-state index contributed by atoms with van der Waals surface area (Å²) in [5.41, 5.74) is 0.286. The molecule has 3 rings (SSSR count). The molecular formula is C17H31NOS. The van der Waals surface area contributed by atoms with Crippen molar-refractivity contribution in [3.05, 3.63) is 0 Å². The van der Waals surface area contributed by atoms with Crippen LogP contribution in [0.4, 0.5) is 0 Å². The molecule has 1 saturated carbocycles. The Kier molecular flexibility index (Phi) is 4.69. The summed E-state index contributed by atoms with van der Waals surface area (Å²) in [6.07, 6.45) is 10.6. The van der Waals surface area contributed by atoms with E-state index in [0.717, 1.165) is 12.5 Å². The summed E-state index contributed by atoms with van der Waals surface area (Å²) in [6.45, 7) is 6.97. The maximum absolute atomic E-state index is 6.15. The summed E-state index contributed by atoms with van der Waals surface area (Å²) in [6, 6.07) is 0.691. The van der Waals surface area contributed by atoms with E-state index < -0.39 is 0 Å². The number of nitrogens with one attached hydrogen (secondary N) is 1. The second kappa shape index (κ2) is 6.18. The molecule has 0 radical (unpaired) electrons. The Morgan fingerprint density at radius 2 is 2.15 bits per heavy atom. The van der Waals surface area contributed by atoms with Gasteiger partial charge in [-0.3, -0.25) is 0 Å². The fourth-order valence-corrected chi connectivity index (χ4v) is 6.00. The highest BCUT2D eigenvalue weighted by Gasteiger charge is 2.48. The van der Waals surface area contributed by atoms with Crippen LogP contribution in [0.25, 0.3) is 0 Å². The molecule has 0 aromatic rings. The average molecular weight is 298 g/mol. The van der Waals surface area contributed by atoms with Gasteiger partial charge in [0.05, 0.1) is 5.60 Å². The molecule has 3 heteroatoms. The van der Waals surface area contributed by atoms with Crippen LogP contribution in [-0.4, -0.2) is 35.3 Å². The highest BCUT2D eigenvalue weighted by molar-refractivity contribution is 8.00. The lowest BCUT2D eigenvalue weighted by atomic mass is 9.68. The van der Waals surface area contributed by atoms with Gasteiger partial charge in [-0.25, -0.2) is 0 Å². The monoisotopic (exact) mass is 297 g/mol. The Bertz CT molecular complexity index is 323. The number of rotatable bonds is 5. The first-order valence-corrected chi connectivity index (χ1v) is 9.67. The molecule has 3 unspecified atom stereocenters. The van der Waals surface area contributed by atoms with E-state index in [1.54, 1.807) is 0 Å². The Morgan fingerprint density at radius 3 is 2.75 bits per heavy atom. The van der Waals surface area contributed by atoms with Crippen molar-refractivity contribution >= 4 is 11.8 Å². The molecule has 1 spiro atoms. The third-order valence-electron chi connectivity index (χ3n) is 5.79. The van der Waals surface area contributed by atoms with Crippen molar-refractivity contribution in [1.29, 1.82) is 0 Å². The Labute approximate surface area is 128 Å². The van der Waals surface area contributed by atoms with Crippen LogP contribution in [-0.2, 0) is 4.74 Å². The summed E-state index contributed by atoms with van der Waals surface area (Å²) in [5.74, 6) is 2.18. The van der Waals surface area contributed by atoms with Crippen molar-refractivity contribution in [2.75, 3.05) is 18.9 Å². The maximum Gasteiger partial charge on any atom is 0.0685 e. The normalized spacial score (nSPS) is 37.8. The van der Waals surface area contributed by atoms with Crippen LogP contribution in [0.15, 0.2) is 0 Å². The van der Waals surface area contributed by atoms with E-state index in [9.17, 15) is 0 Å². The lowest BCUT2D eigenvalue weighted by Crippen LogP contribution is -2.56. The molecule has 116 valence electrons. The van der Waals surface area contributed by atoms with Gasteiger partial charge in [0.15, 0.2) is 0 Å². The van der Waals surface area contributed by atoms with Crippen molar-refractivity contribution in [2.45, 2.75) is 81.6 Å². The minimum Gasteiger partial charge on any atom is -0.375 e. The van der Waals surface area contributed by atoms with E-state index in [4.69, 9.17) is 4.74 Å². The minimum absolute atomic E-state index is 0.286. The van der Waals surface area contributed by atoms with Gasteiger partial charge in [0.25, 0.3) is 0 Å². The maximum atomic E-state index is 6.15. The molecule has 0 amide bonds. The van der Waals surface area contributed by atoms with Crippen molar-refractivity contribution in [2.24, 2.45) is 5.92 Å². The van der Waals surface area contributed by atoms with Crippen LogP contribution >= 0.6 is 11.8 Å². The lowest BCUT2D eigenvalue weighted by molar-refractivity contribution is -0.148. The van der Waals surface area contributed by atoms with Gasteiger partial charge in [0.1, 0.15) is 0 Å². The molecule has 3 atom stereocenters. The summed E-state index contributed by atoms with van der Waals surface area (Å²) in [5, 5.41) is 3.93. The minimum atomic E-state index is 0.286.